The molecule has 5 rings (SSSR count). The number of amides is 1. The van der Waals surface area contributed by atoms with Crippen LogP contribution >= 0.6 is 0 Å². The van der Waals surface area contributed by atoms with E-state index in [4.69, 9.17) is 10.2 Å². The lowest BCUT2D eigenvalue weighted by Gasteiger charge is -2.46. The van der Waals surface area contributed by atoms with Gasteiger partial charge in [-0.05, 0) is 17.5 Å². The summed E-state index contributed by atoms with van der Waals surface area (Å²) in [5.74, 6) is -8.09. The van der Waals surface area contributed by atoms with E-state index in [1.807, 2.05) is 0 Å². The third-order valence-corrected chi connectivity index (χ3v) is 7.01. The van der Waals surface area contributed by atoms with Crippen molar-refractivity contribution in [2.24, 2.45) is 23.5 Å². The number of allylic oxidation sites excluding steroid dienone is 1. The molecule has 0 bridgehead atoms. The quantitative estimate of drug-likeness (QED) is 0.421. The molecular formula is C23H20N2O8. The van der Waals surface area contributed by atoms with Crippen molar-refractivity contribution in [2.75, 3.05) is 0 Å². The van der Waals surface area contributed by atoms with Crippen LogP contribution in [-0.2, 0) is 14.4 Å². The molecule has 1 amide bonds. The van der Waals surface area contributed by atoms with Crippen LogP contribution in [0.4, 0.5) is 0 Å². The van der Waals surface area contributed by atoms with Crippen LogP contribution in [0.1, 0.15) is 30.4 Å². The monoisotopic (exact) mass is 452 g/mol. The Kier molecular flexibility index (Phi) is 4.47. The fraction of sp³-hybridized carbons (Fsp3) is 0.304. The number of aromatic nitrogens is 1. The van der Waals surface area contributed by atoms with Crippen molar-refractivity contribution in [2.45, 2.75) is 25.4 Å². The molecule has 1 aromatic carbocycles. The first-order chi connectivity index (χ1) is 15.6. The molecule has 10 heteroatoms. The van der Waals surface area contributed by atoms with E-state index < -0.39 is 64.3 Å². The van der Waals surface area contributed by atoms with Crippen molar-refractivity contribution in [3.05, 3.63) is 52.6 Å². The Labute approximate surface area is 186 Å². The Morgan fingerprint density at radius 1 is 1.21 bits per heavy atom. The highest BCUT2D eigenvalue weighted by molar-refractivity contribution is 6.21. The molecule has 3 aliphatic carbocycles. The standard InChI is InChI=1S/C23H20N2O8/c1-7-8-2-3-9(23-25-4-5-33-23)17(27)13(8)20(30)16-12(7)18(28)10-6-11(26)15(22(24)32)19(29)14(10)21(16)31/h2-5,7,10,12,14,18,27-30H,6H2,1H3,(H2,24,32)/t7?,10-,12+,14?,18+/m0/s1. The number of ketones is 2. The van der Waals surface area contributed by atoms with Crippen LogP contribution < -0.4 is 5.73 Å². The van der Waals surface area contributed by atoms with Gasteiger partial charge in [0.05, 0.1) is 29.3 Å². The van der Waals surface area contributed by atoms with E-state index in [0.717, 1.165) is 0 Å². The Morgan fingerprint density at radius 2 is 1.94 bits per heavy atom. The number of fused-ring (bicyclic) bond motifs is 3. The van der Waals surface area contributed by atoms with Crippen LogP contribution in [0.3, 0.4) is 0 Å². The first-order valence-electron chi connectivity index (χ1n) is 10.3. The van der Waals surface area contributed by atoms with Gasteiger partial charge >= 0.3 is 0 Å². The lowest BCUT2D eigenvalue weighted by Crippen LogP contribution is -2.52. The van der Waals surface area contributed by atoms with E-state index in [0.29, 0.717) is 5.56 Å². The van der Waals surface area contributed by atoms with Crippen molar-refractivity contribution >= 4 is 23.2 Å². The third-order valence-electron chi connectivity index (χ3n) is 7.01. The first kappa shape index (κ1) is 21.0. The van der Waals surface area contributed by atoms with Gasteiger partial charge in [0, 0.05) is 23.8 Å². The minimum absolute atomic E-state index is 0.00562. The van der Waals surface area contributed by atoms with Gasteiger partial charge < -0.3 is 30.6 Å². The van der Waals surface area contributed by atoms with Gasteiger partial charge in [-0.25, -0.2) is 4.98 Å². The van der Waals surface area contributed by atoms with Gasteiger partial charge in [-0.1, -0.05) is 13.0 Å². The fourth-order valence-corrected chi connectivity index (χ4v) is 5.52. The van der Waals surface area contributed by atoms with Crippen LogP contribution in [0, 0.1) is 17.8 Å². The average molecular weight is 452 g/mol. The Morgan fingerprint density at radius 3 is 2.58 bits per heavy atom. The second-order valence-corrected chi connectivity index (χ2v) is 8.59. The molecule has 0 aliphatic heterocycles. The normalized spacial score (nSPS) is 29.0. The SMILES string of the molecule is CC1c2ccc(-c3ncco3)c(O)c2C(O)=C2C(=O)C3C(O)=C(C(N)=O)C(=O)C[C@@H]3[C@@H](O)[C@@H]21. The van der Waals surface area contributed by atoms with E-state index in [-0.39, 0.29) is 34.8 Å². The van der Waals surface area contributed by atoms with Crippen molar-refractivity contribution < 1.29 is 39.2 Å². The molecule has 0 radical (unpaired) electrons. The summed E-state index contributed by atoms with van der Waals surface area (Å²) in [6.07, 6.45) is 1.07. The van der Waals surface area contributed by atoms with Crippen LogP contribution in [0.25, 0.3) is 17.2 Å². The maximum absolute atomic E-state index is 13.5. The number of aromatic hydroxyl groups is 1. The average Bonchev–Trinajstić information content (AvgIpc) is 3.28. The van der Waals surface area contributed by atoms with Crippen molar-refractivity contribution in [1.82, 2.24) is 4.98 Å². The number of Topliss-reactive ketones (excluding diaryl/α,β-unsaturated/α-hetero) is 2. The highest BCUT2D eigenvalue weighted by Crippen LogP contribution is 2.55. The van der Waals surface area contributed by atoms with Gasteiger partial charge in [-0.3, -0.25) is 14.4 Å². The number of oxazole rings is 1. The molecule has 170 valence electrons. The number of aliphatic hydroxyl groups excluding tert-OH is 3. The highest BCUT2D eigenvalue weighted by Gasteiger charge is 2.56. The van der Waals surface area contributed by atoms with Gasteiger partial charge in [-0.2, -0.15) is 0 Å². The Balaban J connectivity index is 1.73. The molecule has 33 heavy (non-hydrogen) atoms. The summed E-state index contributed by atoms with van der Waals surface area (Å²) in [5.41, 5.74) is 5.03. The van der Waals surface area contributed by atoms with Gasteiger partial charge in [0.15, 0.2) is 11.6 Å². The number of phenolic OH excluding ortho intramolecular Hbond substituents is 1. The van der Waals surface area contributed by atoms with Crippen molar-refractivity contribution in [3.63, 3.8) is 0 Å². The summed E-state index contributed by atoms with van der Waals surface area (Å²) in [7, 11) is 0. The zero-order valence-corrected chi connectivity index (χ0v) is 17.3. The number of primary amides is 1. The topological polar surface area (TPSA) is 184 Å². The van der Waals surface area contributed by atoms with E-state index >= 15 is 0 Å². The van der Waals surface area contributed by atoms with Gasteiger partial charge in [-0.15, -0.1) is 0 Å². The molecule has 1 saturated carbocycles. The van der Waals surface area contributed by atoms with Crippen LogP contribution in [0.5, 0.6) is 5.75 Å². The molecule has 0 spiro atoms. The Hall–Kier alpha value is -3.92. The second-order valence-electron chi connectivity index (χ2n) is 8.59. The Bertz CT molecular complexity index is 1290. The largest absolute Gasteiger partial charge is 0.511 e. The van der Waals surface area contributed by atoms with Gasteiger partial charge in [0.25, 0.3) is 5.91 Å². The van der Waals surface area contributed by atoms with Crippen molar-refractivity contribution in [3.8, 4) is 17.2 Å². The summed E-state index contributed by atoms with van der Waals surface area (Å²) in [6.45, 7) is 1.73. The van der Waals surface area contributed by atoms with Crippen LogP contribution in [-0.4, -0.2) is 49.0 Å². The van der Waals surface area contributed by atoms with E-state index in [1.54, 1.807) is 19.1 Å². The number of hydrogen-bond donors (Lipinski definition) is 5. The lowest BCUT2D eigenvalue weighted by molar-refractivity contribution is -0.133. The van der Waals surface area contributed by atoms with E-state index in [1.165, 1.54) is 12.5 Å². The number of nitrogens with zero attached hydrogens (tertiary/aromatic N) is 1. The molecule has 2 unspecified atom stereocenters. The highest BCUT2D eigenvalue weighted by atomic mass is 16.3. The zero-order valence-electron chi connectivity index (χ0n) is 17.3. The molecule has 1 fully saturated rings. The predicted octanol–water partition coefficient (Wildman–Crippen LogP) is 1.50. The van der Waals surface area contributed by atoms with Gasteiger partial charge in [0.2, 0.25) is 5.89 Å². The molecule has 1 heterocycles. The molecule has 5 atom stereocenters. The maximum atomic E-state index is 13.5. The van der Waals surface area contributed by atoms with Crippen LogP contribution in [0.2, 0.25) is 0 Å². The van der Waals surface area contributed by atoms with Crippen LogP contribution in [0.15, 0.2) is 45.9 Å². The van der Waals surface area contributed by atoms with Gasteiger partial charge in [0.1, 0.15) is 29.1 Å². The number of hydrogen-bond acceptors (Lipinski definition) is 9. The summed E-state index contributed by atoms with van der Waals surface area (Å²) in [6, 6.07) is 3.20. The number of phenols is 1. The lowest BCUT2D eigenvalue weighted by atomic mass is 9.57. The molecule has 6 N–H and O–H groups in total. The number of aliphatic hydroxyl groups is 3. The predicted molar refractivity (Wildman–Crippen MR) is 112 cm³/mol. The summed E-state index contributed by atoms with van der Waals surface area (Å²) in [5, 5.41) is 43.9. The molecular weight excluding hydrogens is 432 g/mol. The zero-order chi connectivity index (χ0) is 23.8. The maximum Gasteiger partial charge on any atom is 0.255 e. The molecule has 1 aromatic heterocycles. The number of benzene rings is 1. The smallest absolute Gasteiger partial charge is 0.255 e. The number of carbonyl (C=O) groups is 3. The molecule has 2 aromatic rings. The third kappa shape index (κ3) is 2.70. The summed E-state index contributed by atoms with van der Waals surface area (Å²) >= 11 is 0. The van der Waals surface area contributed by atoms with E-state index in [9.17, 15) is 34.8 Å². The molecule has 10 nitrogen and oxygen atoms in total. The first-order valence-corrected chi connectivity index (χ1v) is 10.3. The van der Waals surface area contributed by atoms with E-state index in [2.05, 4.69) is 4.98 Å². The minimum Gasteiger partial charge on any atom is -0.511 e. The van der Waals surface area contributed by atoms with Crippen molar-refractivity contribution in [1.29, 1.82) is 0 Å². The minimum atomic E-state index is -1.42. The second kappa shape index (κ2) is 7.04. The molecule has 3 aliphatic rings. The fourth-order valence-electron chi connectivity index (χ4n) is 5.52. The molecule has 0 saturated heterocycles. The summed E-state index contributed by atoms with van der Waals surface area (Å²) < 4.78 is 5.24. The number of rotatable bonds is 2. The number of nitrogens with two attached hydrogens (primary N) is 1. The number of carbonyl (C=O) groups excluding carboxylic acids is 3. The summed E-state index contributed by atoms with van der Waals surface area (Å²) in [4.78, 5) is 41.6.